The number of anilines is 3. The number of para-hydroxylation sites is 1. The van der Waals surface area contributed by atoms with Crippen molar-refractivity contribution < 1.29 is 5.48 Å². The molecule has 1 nitrogen and oxygen atoms in total. The van der Waals surface area contributed by atoms with Crippen LogP contribution in [0, 0.1) is 0 Å². The lowest BCUT2D eigenvalue weighted by atomic mass is 9.82. The second kappa shape index (κ2) is 15.4. The quantitative estimate of drug-likeness (QED) is 0.148. The average molecular weight is 796 g/mol. The number of nitrogens with zero attached hydrogens (tertiary/aromatic N) is 1. The standard InChI is InChI=1S/C61H45N/c1-61(2)57-30-14-12-27-53(57)54-39-37-49(41-58(54)61)62(59-31-15-13-26-50(59)44-20-8-4-9-21-44)48-36-38-52(56(40-48)46-34-32-43(33-35-46)42-18-6-3-7-19-42)55-29-17-25-47-24-16-28-51(60(47)55)45-22-10-5-11-23-45/h3-41H,1-2H3/i13D,15D,26D,31D. The van der Waals surface area contributed by atoms with Gasteiger partial charge in [-0.2, -0.15) is 0 Å². The minimum Gasteiger partial charge on any atom is -0.310 e. The van der Waals surface area contributed by atoms with Crippen LogP contribution in [0.15, 0.2) is 236 Å². The molecule has 0 amide bonds. The van der Waals surface area contributed by atoms with E-state index in [-0.39, 0.29) is 29.6 Å². The fourth-order valence-electron chi connectivity index (χ4n) is 9.57. The average Bonchev–Trinajstić information content (AvgIpc) is 3.60. The van der Waals surface area contributed by atoms with Gasteiger partial charge in [-0.15, -0.1) is 0 Å². The summed E-state index contributed by atoms with van der Waals surface area (Å²) in [6.07, 6.45) is 0. The summed E-state index contributed by atoms with van der Waals surface area (Å²) >= 11 is 0. The monoisotopic (exact) mass is 795 g/mol. The van der Waals surface area contributed by atoms with E-state index in [2.05, 4.69) is 195 Å². The fourth-order valence-corrected chi connectivity index (χ4v) is 9.57. The van der Waals surface area contributed by atoms with Gasteiger partial charge in [0, 0.05) is 22.4 Å². The highest BCUT2D eigenvalue weighted by atomic mass is 15.1. The van der Waals surface area contributed by atoms with Crippen LogP contribution in [0.1, 0.15) is 30.5 Å². The van der Waals surface area contributed by atoms with E-state index in [1.165, 1.54) is 11.1 Å². The fraction of sp³-hybridized carbons (Fsp3) is 0.0492. The Kier molecular flexibility index (Phi) is 8.19. The van der Waals surface area contributed by atoms with Crippen molar-refractivity contribution in [2.45, 2.75) is 19.3 Å². The molecular formula is C61H45N. The molecule has 0 atom stereocenters. The number of fused-ring (bicyclic) bond motifs is 4. The molecule has 1 aliphatic rings. The molecule has 0 spiro atoms. The highest BCUT2D eigenvalue weighted by molar-refractivity contribution is 6.09. The van der Waals surface area contributed by atoms with Crippen LogP contribution in [0.4, 0.5) is 17.1 Å². The second-order valence-electron chi connectivity index (χ2n) is 16.6. The number of rotatable bonds is 8. The maximum atomic E-state index is 9.75. The van der Waals surface area contributed by atoms with Crippen LogP contribution in [-0.2, 0) is 5.41 Å². The van der Waals surface area contributed by atoms with E-state index in [9.17, 15) is 2.74 Å². The molecule has 1 heteroatoms. The summed E-state index contributed by atoms with van der Waals surface area (Å²) in [7, 11) is 0. The van der Waals surface area contributed by atoms with Gasteiger partial charge in [-0.05, 0) is 113 Å². The third kappa shape index (κ3) is 6.42. The zero-order chi connectivity index (χ0) is 45.1. The summed E-state index contributed by atoms with van der Waals surface area (Å²) in [5.41, 5.74) is 16.2. The Hall–Kier alpha value is -7.74. The van der Waals surface area contributed by atoms with E-state index in [1.807, 2.05) is 36.4 Å². The highest BCUT2D eigenvalue weighted by Crippen LogP contribution is 2.52. The van der Waals surface area contributed by atoms with Crippen molar-refractivity contribution in [2.24, 2.45) is 0 Å². The van der Waals surface area contributed by atoms with Crippen molar-refractivity contribution in [3.05, 3.63) is 248 Å². The molecule has 0 aliphatic heterocycles. The smallest absolute Gasteiger partial charge is 0.0645 e. The Labute approximate surface area is 370 Å². The van der Waals surface area contributed by atoms with Gasteiger partial charge in [-0.25, -0.2) is 0 Å². The molecule has 0 fully saturated rings. The van der Waals surface area contributed by atoms with Crippen molar-refractivity contribution >= 4 is 27.8 Å². The van der Waals surface area contributed by atoms with E-state index >= 15 is 0 Å². The van der Waals surface area contributed by atoms with Crippen LogP contribution in [0.2, 0.25) is 0 Å². The lowest BCUT2D eigenvalue weighted by Crippen LogP contribution is -2.17. The Morgan fingerprint density at radius 1 is 0.355 bits per heavy atom. The predicted molar refractivity (Wildman–Crippen MR) is 263 cm³/mol. The first-order valence-corrected chi connectivity index (χ1v) is 21.3. The second-order valence-corrected chi connectivity index (χ2v) is 16.6. The first-order chi connectivity index (χ1) is 32.2. The first-order valence-electron chi connectivity index (χ1n) is 23.3. The Morgan fingerprint density at radius 3 is 1.56 bits per heavy atom. The van der Waals surface area contributed by atoms with Crippen LogP contribution in [0.5, 0.6) is 0 Å². The Balaban J connectivity index is 1.21. The molecule has 0 N–H and O–H groups in total. The van der Waals surface area contributed by atoms with E-state index < -0.39 is 0 Å². The molecule has 62 heavy (non-hydrogen) atoms. The van der Waals surface area contributed by atoms with Crippen LogP contribution in [0.25, 0.3) is 77.5 Å². The lowest BCUT2D eigenvalue weighted by molar-refractivity contribution is 0.660. The zero-order valence-electron chi connectivity index (χ0n) is 38.7. The van der Waals surface area contributed by atoms with Gasteiger partial charge in [0.2, 0.25) is 0 Å². The van der Waals surface area contributed by atoms with E-state index in [4.69, 9.17) is 2.74 Å². The van der Waals surface area contributed by atoms with E-state index in [0.717, 1.165) is 77.8 Å². The van der Waals surface area contributed by atoms with Gasteiger partial charge in [0.05, 0.1) is 11.2 Å². The Morgan fingerprint density at radius 2 is 0.855 bits per heavy atom. The molecule has 0 saturated carbocycles. The first kappa shape index (κ1) is 33.0. The maximum Gasteiger partial charge on any atom is 0.0645 e. The molecule has 0 aromatic heterocycles. The lowest BCUT2D eigenvalue weighted by Gasteiger charge is -2.30. The minimum absolute atomic E-state index is 0.0892. The summed E-state index contributed by atoms with van der Waals surface area (Å²) in [5.74, 6) is 0. The summed E-state index contributed by atoms with van der Waals surface area (Å²) in [5, 5.41) is 2.29. The molecule has 0 saturated heterocycles. The van der Waals surface area contributed by atoms with Crippen molar-refractivity contribution in [2.75, 3.05) is 4.90 Å². The normalized spacial score (nSPS) is 13.4. The maximum absolute atomic E-state index is 9.75. The minimum atomic E-state index is -0.313. The zero-order valence-corrected chi connectivity index (χ0v) is 34.7. The summed E-state index contributed by atoms with van der Waals surface area (Å²) < 4.78 is 37.3. The van der Waals surface area contributed by atoms with E-state index in [0.29, 0.717) is 16.8 Å². The third-order valence-corrected chi connectivity index (χ3v) is 12.6. The molecule has 1 aliphatic carbocycles. The van der Waals surface area contributed by atoms with Gasteiger partial charge in [-0.1, -0.05) is 220 Å². The van der Waals surface area contributed by atoms with Crippen LogP contribution >= 0.6 is 0 Å². The number of hydrogen-bond acceptors (Lipinski definition) is 1. The van der Waals surface area contributed by atoms with Crippen molar-refractivity contribution in [1.29, 1.82) is 0 Å². The molecule has 294 valence electrons. The molecule has 0 bridgehead atoms. The molecule has 11 rings (SSSR count). The molecule has 0 radical (unpaired) electrons. The summed E-state index contributed by atoms with van der Waals surface area (Å²) in [6, 6.07) is 73.2. The number of hydrogen-bond donors (Lipinski definition) is 0. The topological polar surface area (TPSA) is 3.24 Å². The van der Waals surface area contributed by atoms with Gasteiger partial charge >= 0.3 is 0 Å². The van der Waals surface area contributed by atoms with Crippen LogP contribution < -0.4 is 4.90 Å². The molecule has 0 heterocycles. The van der Waals surface area contributed by atoms with Crippen LogP contribution in [0.3, 0.4) is 0 Å². The largest absolute Gasteiger partial charge is 0.310 e. The Bertz CT molecular complexity index is 3470. The van der Waals surface area contributed by atoms with Gasteiger partial charge < -0.3 is 4.90 Å². The molecule has 10 aromatic rings. The van der Waals surface area contributed by atoms with Crippen molar-refractivity contribution in [3.63, 3.8) is 0 Å². The van der Waals surface area contributed by atoms with Gasteiger partial charge in [0.15, 0.2) is 0 Å². The van der Waals surface area contributed by atoms with E-state index in [1.54, 1.807) is 0 Å². The van der Waals surface area contributed by atoms with Crippen LogP contribution in [-0.4, -0.2) is 0 Å². The van der Waals surface area contributed by atoms with Crippen molar-refractivity contribution in [3.8, 4) is 66.8 Å². The molecular weight excluding hydrogens is 747 g/mol. The predicted octanol–water partition coefficient (Wildman–Crippen LogP) is 17.0. The van der Waals surface area contributed by atoms with Crippen molar-refractivity contribution in [1.82, 2.24) is 0 Å². The highest BCUT2D eigenvalue weighted by Gasteiger charge is 2.36. The summed E-state index contributed by atoms with van der Waals surface area (Å²) in [6.45, 7) is 4.52. The van der Waals surface area contributed by atoms with Gasteiger partial charge in [-0.3, -0.25) is 0 Å². The molecule has 0 unspecified atom stereocenters. The van der Waals surface area contributed by atoms with Gasteiger partial charge in [0.1, 0.15) is 0 Å². The summed E-state index contributed by atoms with van der Waals surface area (Å²) in [4.78, 5) is 2.06. The van der Waals surface area contributed by atoms with Gasteiger partial charge in [0.25, 0.3) is 0 Å². The third-order valence-electron chi connectivity index (χ3n) is 12.6. The molecule has 10 aromatic carbocycles. The number of benzene rings is 10. The SMILES string of the molecule is [2H]c1c([2H])c([2H])c(N(c2ccc(-c3cccc4cccc(-c5ccccc5)c34)c(-c3ccc(-c4ccccc4)cc3)c2)c2ccc3c(c2)C(C)(C)c2ccccc2-3)c(-c2ccccc2)c1[2H].